The van der Waals surface area contributed by atoms with Crippen LogP contribution >= 0.6 is 0 Å². The molecule has 0 radical (unpaired) electrons. The van der Waals surface area contributed by atoms with Crippen LogP contribution in [0.2, 0.25) is 0 Å². The summed E-state index contributed by atoms with van der Waals surface area (Å²) in [5.74, 6) is 1.51. The van der Waals surface area contributed by atoms with E-state index in [0.29, 0.717) is 30.0 Å². The van der Waals surface area contributed by atoms with Gasteiger partial charge in [-0.2, -0.15) is 0 Å². The van der Waals surface area contributed by atoms with Crippen LogP contribution in [0.25, 0.3) is 0 Å². The number of hydrogen-bond donors (Lipinski definition) is 0. The van der Waals surface area contributed by atoms with Crippen molar-refractivity contribution in [3.05, 3.63) is 65.7 Å². The van der Waals surface area contributed by atoms with Crippen molar-refractivity contribution in [3.8, 4) is 0 Å². The van der Waals surface area contributed by atoms with E-state index in [1.807, 2.05) is 49.4 Å². The summed E-state index contributed by atoms with van der Waals surface area (Å²) in [4.78, 5) is 44.1. The predicted octanol–water partition coefficient (Wildman–Crippen LogP) is 4.87. The summed E-state index contributed by atoms with van der Waals surface area (Å²) >= 11 is 0. The molecule has 2 aromatic rings. The second-order valence-corrected chi connectivity index (χ2v) is 11.2. The predicted molar refractivity (Wildman–Crippen MR) is 130 cm³/mol. The lowest BCUT2D eigenvalue weighted by molar-refractivity contribution is -0.162. The number of hydrogen-bond acceptors (Lipinski definition) is 3. The Bertz CT molecular complexity index is 1090. The molecule has 1 aliphatic heterocycles. The molecule has 7 rings (SSSR count). The van der Waals surface area contributed by atoms with E-state index in [2.05, 4.69) is 0 Å². The minimum atomic E-state index is -0.741. The first kappa shape index (κ1) is 21.6. The van der Waals surface area contributed by atoms with Crippen molar-refractivity contribution in [1.29, 1.82) is 0 Å². The van der Waals surface area contributed by atoms with Crippen molar-refractivity contribution in [2.75, 3.05) is 4.90 Å². The van der Waals surface area contributed by atoms with Gasteiger partial charge in [-0.1, -0.05) is 48.0 Å². The fourth-order valence-corrected chi connectivity index (χ4v) is 7.60. The van der Waals surface area contributed by atoms with E-state index >= 15 is 0 Å². The molecule has 5 heteroatoms. The fourth-order valence-electron chi connectivity index (χ4n) is 7.60. The molecule has 0 N–H and O–H groups in total. The lowest BCUT2D eigenvalue weighted by Crippen LogP contribution is -2.57. The maximum atomic E-state index is 14.4. The quantitative estimate of drug-likeness (QED) is 0.603. The Kier molecular flexibility index (Phi) is 5.12. The monoisotopic (exact) mass is 456 g/mol. The molecule has 5 fully saturated rings. The number of aryl methyl sites for hydroxylation is 1. The number of nitrogens with zero attached hydrogens (tertiary/aromatic N) is 2. The zero-order chi connectivity index (χ0) is 23.4. The lowest BCUT2D eigenvalue weighted by Gasteiger charge is -2.57. The van der Waals surface area contributed by atoms with Crippen LogP contribution in [-0.2, 0) is 20.9 Å². The van der Waals surface area contributed by atoms with Gasteiger partial charge >= 0.3 is 0 Å². The second-order valence-electron chi connectivity index (χ2n) is 11.2. The molecule has 0 aromatic heterocycles. The van der Waals surface area contributed by atoms with Crippen molar-refractivity contribution in [1.82, 2.24) is 4.90 Å². The second kappa shape index (κ2) is 8.07. The van der Waals surface area contributed by atoms with Crippen LogP contribution in [0, 0.1) is 30.1 Å². The molecule has 1 atom stereocenters. The third-order valence-electron chi connectivity index (χ3n) is 8.74. The molecular weight excluding hydrogens is 424 g/mol. The molecular formula is C29H32N2O3. The van der Waals surface area contributed by atoms with Gasteiger partial charge in [0.1, 0.15) is 6.04 Å². The SMILES string of the molecule is Cc1ccc(CN(C(=O)C23CC4CC(CC(C4)C2)C3)C2CC(=O)N(c3ccccc3)C2=O)cc1. The Balaban J connectivity index is 1.35. The van der Waals surface area contributed by atoms with Gasteiger partial charge in [0.05, 0.1) is 17.5 Å². The molecule has 176 valence electrons. The van der Waals surface area contributed by atoms with E-state index in [9.17, 15) is 14.4 Å². The standard InChI is InChI=1S/C29H32N2O3/c1-19-7-9-20(10-8-19)18-30(25-14-26(32)31(27(25)33)24-5-3-2-4-6-24)28(34)29-15-21-11-22(16-29)13-23(12-21)17-29/h2-10,21-23,25H,11-18H2,1H3. The van der Waals surface area contributed by atoms with Crippen molar-refractivity contribution < 1.29 is 14.4 Å². The van der Waals surface area contributed by atoms with Crippen molar-refractivity contribution >= 4 is 23.4 Å². The van der Waals surface area contributed by atoms with Crippen LogP contribution in [0.15, 0.2) is 54.6 Å². The van der Waals surface area contributed by atoms with Crippen LogP contribution in [0.5, 0.6) is 0 Å². The van der Waals surface area contributed by atoms with Crippen LogP contribution in [0.4, 0.5) is 5.69 Å². The summed E-state index contributed by atoms with van der Waals surface area (Å²) in [5, 5.41) is 0. The molecule has 1 heterocycles. The molecule has 3 amide bonds. The smallest absolute Gasteiger partial charge is 0.257 e. The zero-order valence-corrected chi connectivity index (χ0v) is 19.8. The lowest BCUT2D eigenvalue weighted by atomic mass is 9.49. The Morgan fingerprint density at radius 3 is 2.09 bits per heavy atom. The van der Waals surface area contributed by atoms with E-state index in [-0.39, 0.29) is 29.6 Å². The summed E-state index contributed by atoms with van der Waals surface area (Å²) in [7, 11) is 0. The molecule has 5 aliphatic rings. The highest BCUT2D eigenvalue weighted by Crippen LogP contribution is 2.60. The normalized spacial score (nSPS) is 31.9. The Labute approximate surface area is 201 Å². The Morgan fingerprint density at radius 1 is 0.912 bits per heavy atom. The van der Waals surface area contributed by atoms with Gasteiger partial charge in [-0.3, -0.25) is 14.4 Å². The molecule has 1 saturated heterocycles. The van der Waals surface area contributed by atoms with Gasteiger partial charge in [-0.05, 0) is 80.9 Å². The average Bonchev–Trinajstić information content (AvgIpc) is 3.11. The number of anilines is 1. The molecule has 4 bridgehead atoms. The molecule has 0 spiro atoms. The number of amides is 3. The van der Waals surface area contributed by atoms with Crippen LogP contribution in [0.3, 0.4) is 0 Å². The minimum absolute atomic E-state index is 0.0533. The first-order valence-corrected chi connectivity index (χ1v) is 12.7. The van der Waals surface area contributed by atoms with Gasteiger partial charge in [0, 0.05) is 6.54 Å². The third kappa shape index (κ3) is 3.57. The zero-order valence-electron chi connectivity index (χ0n) is 19.8. The van der Waals surface area contributed by atoms with Gasteiger partial charge in [0.25, 0.3) is 5.91 Å². The largest absolute Gasteiger partial charge is 0.325 e. The minimum Gasteiger partial charge on any atom is -0.325 e. The van der Waals surface area contributed by atoms with E-state index in [0.717, 1.165) is 30.4 Å². The number of carbonyl (C=O) groups is 3. The van der Waals surface area contributed by atoms with Crippen molar-refractivity contribution in [2.24, 2.45) is 23.2 Å². The molecule has 4 saturated carbocycles. The maximum Gasteiger partial charge on any atom is 0.257 e. The summed E-state index contributed by atoms with van der Waals surface area (Å²) in [6.07, 6.45) is 6.66. The first-order valence-electron chi connectivity index (χ1n) is 12.7. The van der Waals surface area contributed by atoms with E-state index in [1.54, 1.807) is 17.0 Å². The first-order chi connectivity index (χ1) is 16.4. The summed E-state index contributed by atoms with van der Waals surface area (Å²) in [5.41, 5.74) is 2.38. The molecule has 2 aromatic carbocycles. The molecule has 1 unspecified atom stereocenters. The van der Waals surface area contributed by atoms with Gasteiger partial charge in [-0.25, -0.2) is 4.90 Å². The highest BCUT2D eigenvalue weighted by molar-refractivity contribution is 6.23. The van der Waals surface area contributed by atoms with E-state index in [4.69, 9.17) is 0 Å². The van der Waals surface area contributed by atoms with Crippen LogP contribution in [0.1, 0.15) is 56.1 Å². The number of rotatable bonds is 5. The Hall–Kier alpha value is -2.95. The summed E-state index contributed by atoms with van der Waals surface area (Å²) in [6.45, 7) is 2.41. The summed E-state index contributed by atoms with van der Waals surface area (Å²) in [6, 6.07) is 16.5. The summed E-state index contributed by atoms with van der Waals surface area (Å²) < 4.78 is 0. The molecule has 34 heavy (non-hydrogen) atoms. The Morgan fingerprint density at radius 2 is 1.50 bits per heavy atom. The van der Waals surface area contributed by atoms with Gasteiger partial charge in [0.2, 0.25) is 11.8 Å². The van der Waals surface area contributed by atoms with Gasteiger partial charge in [0.15, 0.2) is 0 Å². The number of benzene rings is 2. The third-order valence-corrected chi connectivity index (χ3v) is 8.74. The fraction of sp³-hybridized carbons (Fsp3) is 0.483. The van der Waals surface area contributed by atoms with E-state index in [1.165, 1.54) is 24.2 Å². The highest BCUT2D eigenvalue weighted by Gasteiger charge is 2.57. The van der Waals surface area contributed by atoms with E-state index < -0.39 is 6.04 Å². The molecule has 4 aliphatic carbocycles. The topological polar surface area (TPSA) is 57.7 Å². The van der Waals surface area contributed by atoms with Crippen molar-refractivity contribution in [2.45, 2.75) is 64.5 Å². The average molecular weight is 457 g/mol. The molecule has 5 nitrogen and oxygen atoms in total. The van der Waals surface area contributed by atoms with Crippen molar-refractivity contribution in [3.63, 3.8) is 0 Å². The number of imide groups is 1. The highest BCUT2D eigenvalue weighted by atomic mass is 16.2. The maximum absolute atomic E-state index is 14.4. The van der Waals surface area contributed by atoms with Crippen LogP contribution in [-0.4, -0.2) is 28.7 Å². The van der Waals surface area contributed by atoms with Crippen LogP contribution < -0.4 is 4.90 Å². The number of carbonyl (C=O) groups excluding carboxylic acids is 3. The number of para-hydroxylation sites is 1. The van der Waals surface area contributed by atoms with Gasteiger partial charge in [-0.15, -0.1) is 0 Å². The van der Waals surface area contributed by atoms with Gasteiger partial charge < -0.3 is 4.90 Å².